The lowest BCUT2D eigenvalue weighted by Crippen LogP contribution is -2.41. The second-order valence-electron chi connectivity index (χ2n) is 3.75. The van der Waals surface area contributed by atoms with Crippen LogP contribution in [0.25, 0.3) is 0 Å². The van der Waals surface area contributed by atoms with Crippen LogP contribution in [0.5, 0.6) is 0 Å². The number of hydrogen-bond donors (Lipinski definition) is 0. The van der Waals surface area contributed by atoms with Gasteiger partial charge in [-0.1, -0.05) is 0 Å². The molecule has 2 heterocycles. The van der Waals surface area contributed by atoms with Gasteiger partial charge in [-0.3, -0.25) is 9.91 Å². The van der Waals surface area contributed by atoms with Crippen molar-refractivity contribution in [2.24, 2.45) is 5.10 Å². The molecular weight excluding hydrogens is 166 g/mol. The molecule has 0 aromatic carbocycles. The summed E-state index contributed by atoms with van der Waals surface area (Å²) in [7, 11) is 0. The molecular formula is C9H17N3O. The van der Waals surface area contributed by atoms with E-state index in [4.69, 9.17) is 4.74 Å². The Kier molecular flexibility index (Phi) is 2.80. The molecule has 13 heavy (non-hydrogen) atoms. The van der Waals surface area contributed by atoms with Gasteiger partial charge in [0.15, 0.2) is 0 Å². The summed E-state index contributed by atoms with van der Waals surface area (Å²) in [5.74, 6) is 0. The first-order valence-electron chi connectivity index (χ1n) is 4.95. The van der Waals surface area contributed by atoms with Crippen molar-refractivity contribution in [2.45, 2.75) is 25.8 Å². The van der Waals surface area contributed by atoms with Gasteiger partial charge in [-0.05, 0) is 13.3 Å². The molecule has 2 aliphatic rings. The highest BCUT2D eigenvalue weighted by Crippen LogP contribution is 2.12. The predicted octanol–water partition coefficient (Wildman–Crippen LogP) is 0.704. The molecule has 74 valence electrons. The first-order chi connectivity index (χ1) is 6.36. The van der Waals surface area contributed by atoms with Gasteiger partial charge in [0, 0.05) is 25.8 Å². The topological polar surface area (TPSA) is 28.1 Å². The summed E-state index contributed by atoms with van der Waals surface area (Å²) >= 11 is 0. The molecule has 1 unspecified atom stereocenters. The summed E-state index contributed by atoms with van der Waals surface area (Å²) in [6, 6.07) is 0.557. The van der Waals surface area contributed by atoms with Crippen LogP contribution in [-0.2, 0) is 4.74 Å². The van der Waals surface area contributed by atoms with Gasteiger partial charge in [0.1, 0.15) is 6.73 Å². The molecule has 0 amide bonds. The van der Waals surface area contributed by atoms with Gasteiger partial charge in [-0.15, -0.1) is 0 Å². The molecule has 1 saturated heterocycles. The van der Waals surface area contributed by atoms with Crippen molar-refractivity contribution >= 4 is 6.21 Å². The van der Waals surface area contributed by atoms with Crippen molar-refractivity contribution in [2.75, 3.05) is 26.6 Å². The maximum absolute atomic E-state index is 5.38. The third kappa shape index (κ3) is 2.19. The second-order valence-corrected chi connectivity index (χ2v) is 3.75. The van der Waals surface area contributed by atoms with E-state index in [2.05, 4.69) is 21.9 Å². The maximum Gasteiger partial charge on any atom is 0.100 e. The van der Waals surface area contributed by atoms with Gasteiger partial charge in [-0.2, -0.15) is 5.10 Å². The highest BCUT2D eigenvalue weighted by atomic mass is 16.5. The Morgan fingerprint density at radius 3 is 3.15 bits per heavy atom. The number of ether oxygens (including phenoxy) is 1. The van der Waals surface area contributed by atoms with E-state index in [9.17, 15) is 0 Å². The monoisotopic (exact) mass is 183 g/mol. The fourth-order valence-electron chi connectivity index (χ4n) is 1.68. The number of nitrogens with zero attached hydrogens (tertiary/aromatic N) is 3. The van der Waals surface area contributed by atoms with Crippen LogP contribution in [0.4, 0.5) is 0 Å². The Bertz CT molecular complexity index is 189. The predicted molar refractivity (Wildman–Crippen MR) is 51.4 cm³/mol. The van der Waals surface area contributed by atoms with Crippen molar-refractivity contribution in [3.63, 3.8) is 0 Å². The smallest absolute Gasteiger partial charge is 0.100 e. The Labute approximate surface area is 79.1 Å². The highest BCUT2D eigenvalue weighted by molar-refractivity contribution is 5.59. The number of rotatable bonds is 2. The largest absolute Gasteiger partial charge is 0.366 e. The van der Waals surface area contributed by atoms with E-state index in [0.29, 0.717) is 6.04 Å². The van der Waals surface area contributed by atoms with Crippen molar-refractivity contribution in [1.82, 2.24) is 9.91 Å². The lowest BCUT2D eigenvalue weighted by atomic mass is 10.3. The molecule has 0 N–H and O–H groups in total. The van der Waals surface area contributed by atoms with E-state index in [1.165, 1.54) is 0 Å². The van der Waals surface area contributed by atoms with Crippen molar-refractivity contribution in [3.8, 4) is 0 Å². The van der Waals surface area contributed by atoms with Gasteiger partial charge < -0.3 is 4.74 Å². The number of hydrazone groups is 1. The van der Waals surface area contributed by atoms with Crippen LogP contribution >= 0.6 is 0 Å². The molecule has 4 nitrogen and oxygen atoms in total. The fraction of sp³-hybridized carbons (Fsp3) is 0.889. The van der Waals surface area contributed by atoms with E-state index in [1.54, 1.807) is 0 Å². The summed E-state index contributed by atoms with van der Waals surface area (Å²) in [4.78, 5) is 2.29. The van der Waals surface area contributed by atoms with Gasteiger partial charge in [-0.25, -0.2) is 0 Å². The van der Waals surface area contributed by atoms with Crippen LogP contribution in [0.3, 0.4) is 0 Å². The van der Waals surface area contributed by atoms with E-state index in [0.717, 1.165) is 39.4 Å². The van der Waals surface area contributed by atoms with Crippen molar-refractivity contribution in [1.29, 1.82) is 0 Å². The van der Waals surface area contributed by atoms with Gasteiger partial charge in [0.05, 0.1) is 12.7 Å². The van der Waals surface area contributed by atoms with Crippen LogP contribution in [0.1, 0.15) is 19.8 Å². The molecule has 0 aromatic heterocycles. The van der Waals surface area contributed by atoms with Crippen molar-refractivity contribution in [3.05, 3.63) is 0 Å². The maximum atomic E-state index is 5.38. The third-order valence-corrected chi connectivity index (χ3v) is 2.57. The quantitative estimate of drug-likeness (QED) is 0.631. The Morgan fingerprint density at radius 2 is 2.54 bits per heavy atom. The average molecular weight is 183 g/mol. The molecule has 0 spiro atoms. The number of hydrogen-bond acceptors (Lipinski definition) is 4. The highest BCUT2D eigenvalue weighted by Gasteiger charge is 2.19. The zero-order valence-electron chi connectivity index (χ0n) is 8.15. The summed E-state index contributed by atoms with van der Waals surface area (Å²) in [6.07, 6.45) is 4.22. The minimum atomic E-state index is 0.557. The molecule has 0 bridgehead atoms. The first-order valence-corrected chi connectivity index (χ1v) is 4.95. The van der Waals surface area contributed by atoms with Crippen LogP contribution in [0, 0.1) is 0 Å². The second kappa shape index (κ2) is 4.07. The van der Waals surface area contributed by atoms with E-state index in [-0.39, 0.29) is 0 Å². The molecule has 2 rings (SSSR count). The first kappa shape index (κ1) is 8.97. The average Bonchev–Trinajstić information content (AvgIpc) is 2.54. The minimum Gasteiger partial charge on any atom is -0.366 e. The van der Waals surface area contributed by atoms with E-state index in [1.807, 2.05) is 6.21 Å². The summed E-state index contributed by atoms with van der Waals surface area (Å²) in [6.45, 7) is 5.93. The lowest BCUT2D eigenvalue weighted by molar-refractivity contribution is -0.0424. The summed E-state index contributed by atoms with van der Waals surface area (Å²) < 4.78 is 5.38. The van der Waals surface area contributed by atoms with Crippen LogP contribution in [0.2, 0.25) is 0 Å². The van der Waals surface area contributed by atoms with Crippen LogP contribution in [-0.4, -0.2) is 48.7 Å². The SMILES string of the molecule is CC1CC=NN1CN1CCCOC1. The molecule has 4 heteroatoms. The van der Waals surface area contributed by atoms with E-state index >= 15 is 0 Å². The molecule has 2 aliphatic heterocycles. The molecule has 0 radical (unpaired) electrons. The standard InChI is InChI=1S/C9H17N3O/c1-9-3-4-10-12(9)7-11-5-2-6-13-8-11/h4,9H,2-3,5-8H2,1H3. The van der Waals surface area contributed by atoms with Gasteiger partial charge in [0.2, 0.25) is 0 Å². The zero-order chi connectivity index (χ0) is 9.10. The Hall–Kier alpha value is -0.610. The molecule has 0 saturated carbocycles. The molecule has 1 fully saturated rings. The minimum absolute atomic E-state index is 0.557. The van der Waals surface area contributed by atoms with E-state index < -0.39 is 0 Å². The van der Waals surface area contributed by atoms with Gasteiger partial charge >= 0.3 is 0 Å². The third-order valence-electron chi connectivity index (χ3n) is 2.57. The molecule has 1 atom stereocenters. The molecule has 0 aliphatic carbocycles. The normalized spacial score (nSPS) is 29.9. The van der Waals surface area contributed by atoms with Gasteiger partial charge in [0.25, 0.3) is 0 Å². The zero-order valence-corrected chi connectivity index (χ0v) is 8.15. The Morgan fingerprint density at radius 1 is 1.62 bits per heavy atom. The fourth-order valence-corrected chi connectivity index (χ4v) is 1.68. The van der Waals surface area contributed by atoms with Crippen LogP contribution in [0.15, 0.2) is 5.10 Å². The summed E-state index contributed by atoms with van der Waals surface area (Å²) in [5.41, 5.74) is 0. The van der Waals surface area contributed by atoms with Crippen molar-refractivity contribution < 1.29 is 4.74 Å². The molecule has 0 aromatic rings. The van der Waals surface area contributed by atoms with Crippen LogP contribution < -0.4 is 0 Å². The lowest BCUT2D eigenvalue weighted by Gasteiger charge is -2.31. The summed E-state index contributed by atoms with van der Waals surface area (Å²) in [5, 5.41) is 6.46. The Balaban J connectivity index is 1.79.